The van der Waals surface area contributed by atoms with Crippen LogP contribution in [0, 0.1) is 0 Å². The Hall–Kier alpha value is -1.81. The van der Waals surface area contributed by atoms with Crippen LogP contribution in [0.5, 0.6) is 5.75 Å². The van der Waals surface area contributed by atoms with Gasteiger partial charge in [0.25, 0.3) is 0 Å². The molecule has 1 amide bonds. The summed E-state index contributed by atoms with van der Waals surface area (Å²) in [6.45, 7) is 3.48. The van der Waals surface area contributed by atoms with Crippen LogP contribution in [-0.2, 0) is 24.3 Å². The number of hydrogen-bond donors (Lipinski definition) is 3. The van der Waals surface area contributed by atoms with E-state index in [1.807, 2.05) is 24.3 Å². The SMILES string of the molecule is CCc1ccc(CNC(=NC)NCC(=O)NCc2ccc(OC)cc2)s1.I. The molecular weight excluding hydrogens is 475 g/mol. The van der Waals surface area contributed by atoms with Gasteiger partial charge in [-0.1, -0.05) is 19.1 Å². The average Bonchev–Trinajstić information content (AvgIpc) is 3.15. The molecule has 0 atom stereocenters. The summed E-state index contributed by atoms with van der Waals surface area (Å²) in [6.07, 6.45) is 1.05. The van der Waals surface area contributed by atoms with Crippen molar-refractivity contribution in [1.29, 1.82) is 0 Å². The highest BCUT2D eigenvalue weighted by Gasteiger charge is 2.05. The minimum atomic E-state index is -0.0897. The Morgan fingerprint density at radius 3 is 2.33 bits per heavy atom. The zero-order valence-corrected chi connectivity index (χ0v) is 19.0. The van der Waals surface area contributed by atoms with Crippen LogP contribution in [0.2, 0.25) is 0 Å². The van der Waals surface area contributed by atoms with Gasteiger partial charge in [-0.2, -0.15) is 0 Å². The van der Waals surface area contributed by atoms with E-state index in [-0.39, 0.29) is 36.4 Å². The third kappa shape index (κ3) is 8.17. The van der Waals surface area contributed by atoms with E-state index in [0.717, 1.165) is 17.7 Å². The van der Waals surface area contributed by atoms with E-state index in [1.54, 1.807) is 25.5 Å². The lowest BCUT2D eigenvalue weighted by atomic mass is 10.2. The number of ether oxygens (including phenoxy) is 1. The van der Waals surface area contributed by atoms with Crippen molar-refractivity contribution in [2.24, 2.45) is 4.99 Å². The summed E-state index contributed by atoms with van der Waals surface area (Å²) < 4.78 is 5.12. The van der Waals surface area contributed by atoms with Crippen LogP contribution >= 0.6 is 35.3 Å². The number of carbonyl (C=O) groups is 1. The maximum absolute atomic E-state index is 12.0. The van der Waals surface area contributed by atoms with Crippen LogP contribution in [0.1, 0.15) is 22.2 Å². The van der Waals surface area contributed by atoms with Gasteiger partial charge in [-0.25, -0.2) is 0 Å². The first-order valence-electron chi connectivity index (χ1n) is 8.56. The second-order valence-corrected chi connectivity index (χ2v) is 6.88. The lowest BCUT2D eigenvalue weighted by molar-refractivity contribution is -0.120. The standard InChI is InChI=1S/C19H26N4O2S.HI/c1-4-16-9-10-17(26-16)12-22-19(20-2)23-13-18(24)21-11-14-5-7-15(25-3)8-6-14;/h5-10H,4,11-13H2,1-3H3,(H,21,24)(H2,20,22,23);1H. The molecule has 0 aliphatic heterocycles. The molecular formula is C19H27IN4O2S. The van der Waals surface area contributed by atoms with Crippen molar-refractivity contribution in [2.75, 3.05) is 20.7 Å². The van der Waals surface area contributed by atoms with Gasteiger partial charge in [0.2, 0.25) is 5.91 Å². The number of nitrogens with one attached hydrogen (secondary N) is 3. The van der Waals surface area contributed by atoms with E-state index >= 15 is 0 Å². The third-order valence-electron chi connectivity index (χ3n) is 3.78. The summed E-state index contributed by atoms with van der Waals surface area (Å²) in [7, 11) is 3.32. The first-order chi connectivity index (χ1) is 12.6. The van der Waals surface area contributed by atoms with E-state index in [1.165, 1.54) is 9.75 Å². The number of guanidine groups is 1. The second-order valence-electron chi connectivity index (χ2n) is 5.63. The van der Waals surface area contributed by atoms with Crippen molar-refractivity contribution < 1.29 is 9.53 Å². The highest BCUT2D eigenvalue weighted by molar-refractivity contribution is 14.0. The fourth-order valence-corrected chi connectivity index (χ4v) is 3.17. The van der Waals surface area contributed by atoms with Crippen molar-refractivity contribution in [3.8, 4) is 5.75 Å². The molecule has 8 heteroatoms. The molecule has 1 aromatic carbocycles. The molecule has 0 aliphatic rings. The largest absolute Gasteiger partial charge is 0.497 e. The number of aliphatic imine (C=N–C) groups is 1. The number of methoxy groups -OCH3 is 1. The molecule has 148 valence electrons. The zero-order valence-electron chi connectivity index (χ0n) is 15.9. The predicted molar refractivity (Wildman–Crippen MR) is 122 cm³/mol. The Labute approximate surface area is 181 Å². The molecule has 0 unspecified atom stereocenters. The lowest BCUT2D eigenvalue weighted by Crippen LogP contribution is -2.42. The smallest absolute Gasteiger partial charge is 0.239 e. The van der Waals surface area contributed by atoms with Gasteiger partial charge in [-0.3, -0.25) is 9.79 Å². The summed E-state index contributed by atoms with van der Waals surface area (Å²) in [4.78, 5) is 18.7. The summed E-state index contributed by atoms with van der Waals surface area (Å²) in [5.41, 5.74) is 1.02. The molecule has 0 fully saturated rings. The summed E-state index contributed by atoms with van der Waals surface area (Å²) in [5.74, 6) is 1.32. The molecule has 1 heterocycles. The topological polar surface area (TPSA) is 74.8 Å². The van der Waals surface area contributed by atoms with Crippen molar-refractivity contribution in [2.45, 2.75) is 26.4 Å². The summed E-state index contributed by atoms with van der Waals surface area (Å²) >= 11 is 1.78. The normalized spacial score (nSPS) is 10.7. The van der Waals surface area contributed by atoms with Crippen LogP contribution in [0.4, 0.5) is 0 Å². The number of carbonyl (C=O) groups excluding carboxylic acids is 1. The van der Waals surface area contributed by atoms with Crippen molar-refractivity contribution in [3.63, 3.8) is 0 Å². The highest BCUT2D eigenvalue weighted by atomic mass is 127. The van der Waals surface area contributed by atoms with Crippen LogP contribution in [0.15, 0.2) is 41.4 Å². The van der Waals surface area contributed by atoms with Crippen molar-refractivity contribution in [1.82, 2.24) is 16.0 Å². The zero-order chi connectivity index (χ0) is 18.8. The van der Waals surface area contributed by atoms with Gasteiger partial charge in [-0.05, 0) is 36.2 Å². The first-order valence-corrected chi connectivity index (χ1v) is 9.38. The maximum atomic E-state index is 12.0. The molecule has 0 saturated carbocycles. The van der Waals surface area contributed by atoms with Gasteiger partial charge >= 0.3 is 0 Å². The molecule has 0 aliphatic carbocycles. The van der Waals surface area contributed by atoms with Crippen LogP contribution < -0.4 is 20.7 Å². The van der Waals surface area contributed by atoms with Gasteiger partial charge in [0.1, 0.15) is 5.75 Å². The van der Waals surface area contributed by atoms with E-state index in [9.17, 15) is 4.79 Å². The Balaban J connectivity index is 0.00000364. The number of rotatable bonds is 8. The van der Waals surface area contributed by atoms with Gasteiger partial charge in [0.05, 0.1) is 20.2 Å². The van der Waals surface area contributed by atoms with Gasteiger partial charge < -0.3 is 20.7 Å². The van der Waals surface area contributed by atoms with Gasteiger partial charge in [0, 0.05) is 23.3 Å². The number of amides is 1. The molecule has 3 N–H and O–H groups in total. The second kappa shape index (κ2) is 12.6. The van der Waals surface area contributed by atoms with Crippen LogP contribution in [0.25, 0.3) is 0 Å². The molecule has 0 bridgehead atoms. The van der Waals surface area contributed by atoms with E-state index in [2.05, 4.69) is 40.0 Å². The Morgan fingerprint density at radius 2 is 1.74 bits per heavy atom. The fraction of sp³-hybridized carbons (Fsp3) is 0.368. The van der Waals surface area contributed by atoms with Crippen molar-refractivity contribution >= 4 is 47.2 Å². The summed E-state index contributed by atoms with van der Waals surface area (Å²) in [6, 6.07) is 11.9. The number of benzene rings is 1. The van der Waals surface area contributed by atoms with Gasteiger partial charge in [0.15, 0.2) is 5.96 Å². The predicted octanol–water partition coefficient (Wildman–Crippen LogP) is 2.92. The number of aryl methyl sites for hydroxylation is 1. The number of nitrogens with zero attached hydrogens (tertiary/aromatic N) is 1. The van der Waals surface area contributed by atoms with Crippen LogP contribution in [-0.4, -0.2) is 32.6 Å². The highest BCUT2D eigenvalue weighted by Crippen LogP contribution is 2.16. The van der Waals surface area contributed by atoms with E-state index < -0.39 is 0 Å². The Bertz CT molecular complexity index is 732. The quantitative estimate of drug-likeness (QED) is 0.295. The number of thiophene rings is 1. The van der Waals surface area contributed by atoms with E-state index in [4.69, 9.17) is 4.74 Å². The average molecular weight is 502 g/mol. The Morgan fingerprint density at radius 1 is 1.04 bits per heavy atom. The van der Waals surface area contributed by atoms with E-state index in [0.29, 0.717) is 19.0 Å². The van der Waals surface area contributed by atoms with Crippen molar-refractivity contribution in [3.05, 3.63) is 51.7 Å². The molecule has 0 saturated heterocycles. The number of hydrogen-bond acceptors (Lipinski definition) is 4. The Kier molecular flexibility index (Phi) is 10.8. The molecule has 0 spiro atoms. The molecule has 1 aromatic heterocycles. The molecule has 0 radical (unpaired) electrons. The fourth-order valence-electron chi connectivity index (χ4n) is 2.27. The first kappa shape index (κ1) is 23.2. The monoisotopic (exact) mass is 502 g/mol. The summed E-state index contributed by atoms with van der Waals surface area (Å²) in [5, 5.41) is 9.12. The molecule has 2 rings (SSSR count). The minimum Gasteiger partial charge on any atom is -0.497 e. The molecule has 27 heavy (non-hydrogen) atoms. The minimum absolute atomic E-state index is 0. The maximum Gasteiger partial charge on any atom is 0.239 e. The molecule has 2 aromatic rings. The third-order valence-corrected chi connectivity index (χ3v) is 5.01. The number of halogens is 1. The van der Waals surface area contributed by atoms with Gasteiger partial charge in [-0.15, -0.1) is 35.3 Å². The molecule has 6 nitrogen and oxygen atoms in total. The van der Waals surface area contributed by atoms with Crippen LogP contribution in [0.3, 0.4) is 0 Å². The lowest BCUT2D eigenvalue weighted by Gasteiger charge is -2.11.